The maximum absolute atomic E-state index is 11.5. The monoisotopic (exact) mass is 330 g/mol. The minimum absolute atomic E-state index is 0.403. The minimum Gasteiger partial charge on any atom is -0.464 e. The lowest BCUT2D eigenvalue weighted by atomic mass is 10.2. The van der Waals surface area contributed by atoms with Crippen LogP contribution in [0, 0.1) is 0 Å². The molecule has 0 fully saturated rings. The van der Waals surface area contributed by atoms with Crippen molar-refractivity contribution < 1.29 is 9.53 Å². The first-order valence-electron chi connectivity index (χ1n) is 5.70. The molecule has 0 spiro atoms. The summed E-state index contributed by atoms with van der Waals surface area (Å²) in [4.78, 5) is 15.7. The Morgan fingerprint density at radius 2 is 2.05 bits per heavy atom. The molecular formula is C13H12Cl2N2O2S. The predicted molar refractivity (Wildman–Crippen MR) is 80.6 cm³/mol. The number of aromatic nitrogens is 2. The first-order chi connectivity index (χ1) is 9.54. The van der Waals surface area contributed by atoms with Gasteiger partial charge in [0.25, 0.3) is 0 Å². The highest BCUT2D eigenvalue weighted by Gasteiger charge is 2.15. The summed E-state index contributed by atoms with van der Waals surface area (Å²) in [6, 6.07) is 5.39. The smallest absolute Gasteiger partial charge is 0.356 e. The standard InChI is InChI=1S/C13H12Cl2N2O2S/c1-17-11(12(18)19-2)6-16-13(17)20-7-8-9(14)4-3-5-10(8)15/h3-6H,7H2,1-2H3. The fraction of sp³-hybridized carbons (Fsp3) is 0.231. The van der Waals surface area contributed by atoms with E-state index in [1.807, 2.05) is 0 Å². The molecule has 0 aliphatic rings. The van der Waals surface area contributed by atoms with E-state index >= 15 is 0 Å². The largest absolute Gasteiger partial charge is 0.464 e. The van der Waals surface area contributed by atoms with E-state index in [1.165, 1.54) is 25.1 Å². The van der Waals surface area contributed by atoms with Crippen molar-refractivity contribution in [2.24, 2.45) is 7.05 Å². The van der Waals surface area contributed by atoms with Crippen molar-refractivity contribution in [1.29, 1.82) is 0 Å². The van der Waals surface area contributed by atoms with Crippen LogP contribution in [0.5, 0.6) is 0 Å². The highest BCUT2D eigenvalue weighted by atomic mass is 35.5. The second-order valence-electron chi connectivity index (χ2n) is 3.97. The van der Waals surface area contributed by atoms with Gasteiger partial charge in [0, 0.05) is 22.8 Å². The average Bonchev–Trinajstić information content (AvgIpc) is 2.79. The fourth-order valence-electron chi connectivity index (χ4n) is 1.63. The molecule has 0 unspecified atom stereocenters. The van der Waals surface area contributed by atoms with Crippen LogP contribution in [-0.4, -0.2) is 22.6 Å². The van der Waals surface area contributed by atoms with Gasteiger partial charge in [0.1, 0.15) is 5.69 Å². The highest BCUT2D eigenvalue weighted by Crippen LogP contribution is 2.31. The Hall–Kier alpha value is -1.17. The Morgan fingerprint density at radius 3 is 2.65 bits per heavy atom. The van der Waals surface area contributed by atoms with E-state index < -0.39 is 5.97 Å². The lowest BCUT2D eigenvalue weighted by Crippen LogP contribution is -2.07. The number of esters is 1. The topological polar surface area (TPSA) is 44.1 Å². The summed E-state index contributed by atoms with van der Waals surface area (Å²) in [5, 5.41) is 1.93. The quantitative estimate of drug-likeness (QED) is 0.631. The van der Waals surface area contributed by atoms with E-state index in [0.717, 1.165) is 5.56 Å². The van der Waals surface area contributed by atoms with Gasteiger partial charge in [-0.05, 0) is 17.7 Å². The van der Waals surface area contributed by atoms with E-state index in [-0.39, 0.29) is 0 Å². The molecule has 7 heteroatoms. The highest BCUT2D eigenvalue weighted by molar-refractivity contribution is 7.98. The molecule has 0 saturated carbocycles. The lowest BCUT2D eigenvalue weighted by molar-refractivity contribution is 0.0589. The SMILES string of the molecule is COC(=O)c1cnc(SCc2c(Cl)cccc2Cl)n1C. The van der Waals surface area contributed by atoms with Gasteiger partial charge in [-0.2, -0.15) is 0 Å². The number of carbonyl (C=O) groups excluding carboxylic acids is 1. The number of hydrogen-bond acceptors (Lipinski definition) is 4. The molecule has 1 aromatic heterocycles. The molecule has 0 saturated heterocycles. The third kappa shape index (κ3) is 3.11. The van der Waals surface area contributed by atoms with Gasteiger partial charge in [-0.3, -0.25) is 0 Å². The third-order valence-electron chi connectivity index (χ3n) is 2.75. The van der Waals surface area contributed by atoms with Gasteiger partial charge >= 0.3 is 5.97 Å². The van der Waals surface area contributed by atoms with Crippen LogP contribution in [0.3, 0.4) is 0 Å². The fourth-order valence-corrected chi connectivity index (χ4v) is 3.32. The van der Waals surface area contributed by atoms with E-state index in [1.54, 1.807) is 29.8 Å². The molecule has 2 aromatic rings. The van der Waals surface area contributed by atoms with Crippen molar-refractivity contribution >= 4 is 40.9 Å². The second kappa shape index (κ2) is 6.52. The van der Waals surface area contributed by atoms with Crippen molar-refractivity contribution in [2.45, 2.75) is 10.9 Å². The number of benzene rings is 1. The number of halogens is 2. The van der Waals surface area contributed by atoms with Gasteiger partial charge in [0.2, 0.25) is 0 Å². The van der Waals surface area contributed by atoms with Crippen molar-refractivity contribution in [3.05, 3.63) is 45.7 Å². The minimum atomic E-state index is -0.414. The summed E-state index contributed by atoms with van der Waals surface area (Å²) < 4.78 is 6.36. The first-order valence-corrected chi connectivity index (χ1v) is 7.44. The molecule has 1 heterocycles. The Bertz CT molecular complexity index is 623. The van der Waals surface area contributed by atoms with Crippen LogP contribution in [0.1, 0.15) is 16.1 Å². The number of thioether (sulfide) groups is 1. The normalized spacial score (nSPS) is 10.6. The van der Waals surface area contributed by atoms with Gasteiger partial charge in [-0.25, -0.2) is 9.78 Å². The molecule has 0 radical (unpaired) electrons. The van der Waals surface area contributed by atoms with Gasteiger partial charge in [-0.1, -0.05) is 41.0 Å². The van der Waals surface area contributed by atoms with Crippen molar-refractivity contribution in [1.82, 2.24) is 9.55 Å². The van der Waals surface area contributed by atoms with Crippen molar-refractivity contribution in [3.63, 3.8) is 0 Å². The zero-order chi connectivity index (χ0) is 14.7. The van der Waals surface area contributed by atoms with Crippen molar-refractivity contribution in [2.75, 3.05) is 7.11 Å². The number of rotatable bonds is 4. The number of carbonyl (C=O) groups is 1. The Balaban J connectivity index is 2.16. The number of methoxy groups -OCH3 is 1. The van der Waals surface area contributed by atoms with Crippen LogP contribution in [0.15, 0.2) is 29.6 Å². The van der Waals surface area contributed by atoms with Crippen LogP contribution in [-0.2, 0) is 17.5 Å². The zero-order valence-corrected chi connectivity index (χ0v) is 13.2. The average molecular weight is 331 g/mol. The number of nitrogens with zero attached hydrogens (tertiary/aromatic N) is 2. The Morgan fingerprint density at radius 1 is 1.40 bits per heavy atom. The van der Waals surface area contributed by atoms with Gasteiger partial charge in [0.15, 0.2) is 5.16 Å². The summed E-state index contributed by atoms with van der Waals surface area (Å²) in [6.45, 7) is 0. The molecular weight excluding hydrogens is 319 g/mol. The molecule has 20 heavy (non-hydrogen) atoms. The summed E-state index contributed by atoms with van der Waals surface area (Å²) >= 11 is 13.7. The zero-order valence-electron chi connectivity index (χ0n) is 10.9. The molecule has 4 nitrogen and oxygen atoms in total. The second-order valence-corrected chi connectivity index (χ2v) is 5.72. The number of hydrogen-bond donors (Lipinski definition) is 0. The molecule has 0 N–H and O–H groups in total. The summed E-state index contributed by atoms with van der Waals surface area (Å²) in [5.41, 5.74) is 1.25. The van der Waals surface area contributed by atoms with E-state index in [4.69, 9.17) is 23.2 Å². The van der Waals surface area contributed by atoms with Crippen LogP contribution >= 0.6 is 35.0 Å². The molecule has 0 aliphatic heterocycles. The summed E-state index contributed by atoms with van der Waals surface area (Å²) in [6.07, 6.45) is 1.49. The molecule has 2 rings (SSSR count). The summed E-state index contributed by atoms with van der Waals surface area (Å²) in [7, 11) is 3.10. The first kappa shape index (κ1) is 15.2. The van der Waals surface area contributed by atoms with Gasteiger partial charge < -0.3 is 9.30 Å². The van der Waals surface area contributed by atoms with Crippen LogP contribution in [0.4, 0.5) is 0 Å². The van der Waals surface area contributed by atoms with Gasteiger partial charge in [-0.15, -0.1) is 0 Å². The molecule has 106 valence electrons. The van der Waals surface area contributed by atoms with Crippen LogP contribution in [0.2, 0.25) is 10.0 Å². The lowest BCUT2D eigenvalue weighted by Gasteiger charge is -2.07. The molecule has 1 aromatic carbocycles. The molecule has 0 aliphatic carbocycles. The molecule has 0 amide bonds. The predicted octanol–water partition coefficient (Wildman–Crippen LogP) is 3.81. The van der Waals surface area contributed by atoms with E-state index in [9.17, 15) is 4.79 Å². The third-order valence-corrected chi connectivity index (χ3v) is 4.53. The maximum Gasteiger partial charge on any atom is 0.356 e. The van der Waals surface area contributed by atoms with E-state index in [0.29, 0.717) is 26.6 Å². The molecule has 0 atom stereocenters. The van der Waals surface area contributed by atoms with E-state index in [2.05, 4.69) is 9.72 Å². The van der Waals surface area contributed by atoms with Crippen molar-refractivity contribution in [3.8, 4) is 0 Å². The summed E-state index contributed by atoms with van der Waals surface area (Å²) in [5.74, 6) is 0.159. The Kier molecular flexibility index (Phi) is 4.96. The number of imidazole rings is 1. The van der Waals surface area contributed by atoms with Gasteiger partial charge in [0.05, 0.1) is 13.3 Å². The van der Waals surface area contributed by atoms with Crippen LogP contribution in [0.25, 0.3) is 0 Å². The Labute approximate surface area is 131 Å². The number of ether oxygens (including phenoxy) is 1. The van der Waals surface area contributed by atoms with Crippen LogP contribution < -0.4 is 0 Å². The maximum atomic E-state index is 11.5. The molecule has 0 bridgehead atoms.